The van der Waals surface area contributed by atoms with E-state index in [0.29, 0.717) is 11.8 Å². The molecule has 4 aromatic rings. The summed E-state index contributed by atoms with van der Waals surface area (Å²) in [6.07, 6.45) is 0. The van der Waals surface area contributed by atoms with Crippen molar-refractivity contribution in [1.82, 2.24) is 0 Å². The molecule has 0 N–H and O–H groups in total. The molecule has 4 rings (SSSR count). The molecule has 0 aliphatic carbocycles. The molecule has 0 unspecified atom stereocenters. The van der Waals surface area contributed by atoms with E-state index >= 15 is 0 Å². The summed E-state index contributed by atoms with van der Waals surface area (Å²) in [5.74, 6) is 1.21. The van der Waals surface area contributed by atoms with E-state index < -0.39 is 0 Å². The highest BCUT2D eigenvalue weighted by atomic mass is 14.1. The number of hydrogen-bond acceptors (Lipinski definition) is 0. The molecule has 0 atom stereocenters. The number of benzene rings is 4. The van der Waals surface area contributed by atoms with Gasteiger partial charge < -0.3 is 0 Å². The Balaban J connectivity index is 0.000000161. The second-order valence-electron chi connectivity index (χ2n) is 8.38. The molecule has 4 aromatic carbocycles. The summed E-state index contributed by atoms with van der Waals surface area (Å²) in [6, 6.07) is 26.4. The lowest BCUT2D eigenvalue weighted by Gasteiger charge is -2.11. The summed E-state index contributed by atoms with van der Waals surface area (Å²) in [5.41, 5.74) is 5.59. The fraction of sp³-hybridized carbons (Fsp3) is 0.286. The van der Waals surface area contributed by atoms with Gasteiger partial charge in [0, 0.05) is 0 Å². The summed E-state index contributed by atoms with van der Waals surface area (Å²) in [6.45, 7) is 13.3. The van der Waals surface area contributed by atoms with Gasteiger partial charge in [0.15, 0.2) is 0 Å². The average molecular weight is 369 g/mol. The Morgan fingerprint density at radius 3 is 1.89 bits per heavy atom. The lowest BCUT2D eigenvalue weighted by Crippen LogP contribution is -1.90. The van der Waals surface area contributed by atoms with Crippen LogP contribution in [0.3, 0.4) is 0 Å². The average Bonchev–Trinajstić information content (AvgIpc) is 2.68. The molecule has 0 fully saturated rings. The van der Waals surface area contributed by atoms with Crippen molar-refractivity contribution in [2.24, 2.45) is 0 Å². The first-order valence-electron chi connectivity index (χ1n) is 10.4. The van der Waals surface area contributed by atoms with E-state index in [1.165, 1.54) is 43.8 Å². The Hall–Kier alpha value is -2.60. The van der Waals surface area contributed by atoms with E-state index in [9.17, 15) is 0 Å². The second kappa shape index (κ2) is 8.61. The van der Waals surface area contributed by atoms with E-state index in [1.54, 1.807) is 0 Å². The van der Waals surface area contributed by atoms with Gasteiger partial charge in [-0.1, -0.05) is 100 Å². The van der Waals surface area contributed by atoms with Gasteiger partial charge in [-0.05, 0) is 69.5 Å². The van der Waals surface area contributed by atoms with Crippen molar-refractivity contribution in [1.29, 1.82) is 0 Å². The molecule has 0 nitrogen and oxygen atoms in total. The molecule has 28 heavy (non-hydrogen) atoms. The highest BCUT2D eigenvalue weighted by molar-refractivity contribution is 5.89. The van der Waals surface area contributed by atoms with Crippen LogP contribution in [0.5, 0.6) is 0 Å². The first-order chi connectivity index (χ1) is 13.4. The zero-order chi connectivity index (χ0) is 20.3. The Morgan fingerprint density at radius 2 is 1.21 bits per heavy atom. The third kappa shape index (κ3) is 4.28. The zero-order valence-electron chi connectivity index (χ0n) is 18.1. The molecule has 0 radical (unpaired) electrons. The normalized spacial score (nSPS) is 11.1. The molecule has 0 aliphatic heterocycles. The quantitative estimate of drug-likeness (QED) is 0.332. The van der Waals surface area contributed by atoms with Crippen LogP contribution in [0.15, 0.2) is 72.8 Å². The van der Waals surface area contributed by atoms with Crippen LogP contribution in [-0.4, -0.2) is 0 Å². The summed E-state index contributed by atoms with van der Waals surface area (Å²) in [4.78, 5) is 0. The van der Waals surface area contributed by atoms with Crippen LogP contribution in [0, 0.1) is 13.8 Å². The minimum Gasteiger partial charge on any atom is -0.0616 e. The van der Waals surface area contributed by atoms with Crippen LogP contribution in [0.1, 0.15) is 61.8 Å². The van der Waals surface area contributed by atoms with Crippen molar-refractivity contribution in [3.05, 3.63) is 95.1 Å². The molecule has 0 spiro atoms. The third-order valence-corrected chi connectivity index (χ3v) is 5.59. The van der Waals surface area contributed by atoms with Gasteiger partial charge in [0.2, 0.25) is 0 Å². The van der Waals surface area contributed by atoms with Gasteiger partial charge in [0.05, 0.1) is 0 Å². The first kappa shape index (κ1) is 20.1. The zero-order valence-corrected chi connectivity index (χ0v) is 18.1. The van der Waals surface area contributed by atoms with E-state index in [2.05, 4.69) is 114 Å². The monoisotopic (exact) mass is 368 g/mol. The standard InChI is InChI=1S/2C14H16/c1-10(2)12-7-8-14-11(3)5-4-6-13(14)9-12;1-10(2)12-9-8-11(3)13-6-4-5-7-14(12)13/h2*4-10H,1-3H3. The molecular weight excluding hydrogens is 336 g/mol. The van der Waals surface area contributed by atoms with Gasteiger partial charge in [-0.25, -0.2) is 0 Å². The van der Waals surface area contributed by atoms with Gasteiger partial charge in [-0.15, -0.1) is 0 Å². The minimum atomic E-state index is 0.598. The summed E-state index contributed by atoms with van der Waals surface area (Å²) in [5, 5.41) is 5.52. The van der Waals surface area contributed by atoms with Crippen LogP contribution >= 0.6 is 0 Å². The Bertz CT molecular complexity index is 1080. The van der Waals surface area contributed by atoms with Crippen LogP contribution in [-0.2, 0) is 0 Å². The van der Waals surface area contributed by atoms with E-state index in [4.69, 9.17) is 0 Å². The maximum Gasteiger partial charge on any atom is -0.0147 e. The number of rotatable bonds is 2. The Kier molecular flexibility index (Phi) is 6.19. The Labute approximate surface area is 170 Å². The molecule has 0 heteroatoms. The molecule has 0 amide bonds. The number of hydrogen-bond donors (Lipinski definition) is 0. The fourth-order valence-electron chi connectivity index (χ4n) is 3.80. The highest BCUT2D eigenvalue weighted by Crippen LogP contribution is 2.27. The molecule has 0 bridgehead atoms. The number of aryl methyl sites for hydroxylation is 2. The van der Waals surface area contributed by atoms with Crippen molar-refractivity contribution in [3.8, 4) is 0 Å². The van der Waals surface area contributed by atoms with Crippen molar-refractivity contribution in [2.45, 2.75) is 53.4 Å². The summed E-state index contributed by atoms with van der Waals surface area (Å²) >= 11 is 0. The third-order valence-electron chi connectivity index (χ3n) is 5.59. The van der Waals surface area contributed by atoms with Gasteiger partial charge >= 0.3 is 0 Å². The molecular formula is C28H32. The van der Waals surface area contributed by atoms with Crippen LogP contribution in [0.25, 0.3) is 21.5 Å². The maximum absolute atomic E-state index is 2.30. The maximum atomic E-state index is 2.30. The minimum absolute atomic E-state index is 0.598. The second-order valence-corrected chi connectivity index (χ2v) is 8.38. The van der Waals surface area contributed by atoms with Gasteiger partial charge in [-0.3, -0.25) is 0 Å². The summed E-state index contributed by atoms with van der Waals surface area (Å²) in [7, 11) is 0. The van der Waals surface area contributed by atoms with Gasteiger partial charge in [0.1, 0.15) is 0 Å². The molecule has 0 aromatic heterocycles. The van der Waals surface area contributed by atoms with Crippen molar-refractivity contribution >= 4 is 21.5 Å². The van der Waals surface area contributed by atoms with Crippen molar-refractivity contribution in [3.63, 3.8) is 0 Å². The lowest BCUT2D eigenvalue weighted by molar-refractivity contribution is 0.869. The largest absolute Gasteiger partial charge is 0.0616 e. The van der Waals surface area contributed by atoms with Crippen LogP contribution < -0.4 is 0 Å². The smallest absolute Gasteiger partial charge is 0.0147 e. The van der Waals surface area contributed by atoms with Gasteiger partial charge in [0.25, 0.3) is 0 Å². The summed E-state index contributed by atoms with van der Waals surface area (Å²) < 4.78 is 0. The number of fused-ring (bicyclic) bond motifs is 2. The fourth-order valence-corrected chi connectivity index (χ4v) is 3.80. The predicted molar refractivity (Wildman–Crippen MR) is 126 cm³/mol. The van der Waals surface area contributed by atoms with Crippen molar-refractivity contribution in [2.75, 3.05) is 0 Å². The van der Waals surface area contributed by atoms with E-state index in [0.717, 1.165) is 0 Å². The van der Waals surface area contributed by atoms with Crippen LogP contribution in [0.2, 0.25) is 0 Å². The Morgan fingerprint density at radius 1 is 0.536 bits per heavy atom. The molecule has 0 heterocycles. The lowest BCUT2D eigenvalue weighted by atomic mass is 9.94. The highest BCUT2D eigenvalue weighted by Gasteiger charge is 2.05. The molecule has 0 aliphatic rings. The van der Waals surface area contributed by atoms with E-state index in [1.807, 2.05) is 0 Å². The topological polar surface area (TPSA) is 0 Å². The molecule has 0 saturated heterocycles. The predicted octanol–water partition coefficient (Wildman–Crippen LogP) is 8.54. The van der Waals surface area contributed by atoms with Gasteiger partial charge in [-0.2, -0.15) is 0 Å². The molecule has 144 valence electrons. The first-order valence-corrected chi connectivity index (χ1v) is 10.4. The molecule has 0 saturated carbocycles. The SMILES string of the molecule is Cc1ccc(C(C)C)c2ccccc12.Cc1cccc2cc(C(C)C)ccc12. The van der Waals surface area contributed by atoms with Crippen molar-refractivity contribution < 1.29 is 0 Å². The van der Waals surface area contributed by atoms with E-state index in [-0.39, 0.29) is 0 Å². The van der Waals surface area contributed by atoms with Crippen LogP contribution in [0.4, 0.5) is 0 Å².